The zero-order chi connectivity index (χ0) is 15.8. The van der Waals surface area contributed by atoms with E-state index in [2.05, 4.69) is 5.32 Å². The van der Waals surface area contributed by atoms with Crippen molar-refractivity contribution in [2.24, 2.45) is 0 Å². The molecule has 0 fully saturated rings. The van der Waals surface area contributed by atoms with Crippen LogP contribution in [0, 0.1) is 5.82 Å². The molecule has 0 bridgehead atoms. The number of hydrogen-bond donors (Lipinski definition) is 1. The van der Waals surface area contributed by atoms with Crippen molar-refractivity contribution in [2.45, 2.75) is 32.7 Å². The van der Waals surface area contributed by atoms with Gasteiger partial charge < -0.3 is 5.32 Å². The lowest BCUT2D eigenvalue weighted by Gasteiger charge is -2.26. The van der Waals surface area contributed by atoms with E-state index in [1.54, 1.807) is 0 Å². The zero-order valence-corrected chi connectivity index (χ0v) is 12.2. The molecular weight excluding hydrogens is 275 g/mol. The summed E-state index contributed by atoms with van der Waals surface area (Å²) in [6.07, 6.45) is 0.705. The average Bonchev–Trinajstić information content (AvgIpc) is 2.65. The Hall–Kier alpha value is -2.24. The Kier molecular flexibility index (Phi) is 3.80. The Morgan fingerprint density at radius 1 is 1.33 bits per heavy atom. The molecule has 0 saturated carbocycles. The number of nitrogens with one attached hydrogen (secondary N) is 1. The molecule has 1 aliphatic rings. The molecule has 1 N–H and O–H groups in total. The summed E-state index contributed by atoms with van der Waals surface area (Å²) in [6.45, 7) is 5.23. The maximum absolute atomic E-state index is 13.9. The van der Waals surface area contributed by atoms with Crippen LogP contribution in [0.4, 0.5) is 10.1 Å². The third-order valence-corrected chi connectivity index (χ3v) is 3.60. The van der Waals surface area contributed by atoms with E-state index in [1.165, 1.54) is 12.1 Å². The topological polar surface area (TPSA) is 66.5 Å². The van der Waals surface area contributed by atoms with Gasteiger partial charge in [0.15, 0.2) is 0 Å². The fourth-order valence-electron chi connectivity index (χ4n) is 2.11. The number of rotatable bonds is 4. The van der Waals surface area contributed by atoms with Crippen LogP contribution in [0.15, 0.2) is 18.2 Å². The summed E-state index contributed by atoms with van der Waals surface area (Å²) in [4.78, 5) is 36.6. The smallest absolute Gasteiger partial charge is 0.300 e. The summed E-state index contributed by atoms with van der Waals surface area (Å²) in [7, 11) is 0. The summed E-state index contributed by atoms with van der Waals surface area (Å²) < 4.78 is 13.9. The van der Waals surface area contributed by atoms with Crippen LogP contribution in [0.25, 0.3) is 0 Å². The number of ketones is 1. The van der Waals surface area contributed by atoms with Crippen LogP contribution in [0.2, 0.25) is 0 Å². The van der Waals surface area contributed by atoms with E-state index in [9.17, 15) is 18.8 Å². The van der Waals surface area contributed by atoms with Gasteiger partial charge in [0.05, 0.1) is 11.3 Å². The molecular formula is C15H17FN2O3. The molecule has 2 amide bonds. The Morgan fingerprint density at radius 2 is 2.00 bits per heavy atom. The molecule has 1 heterocycles. The van der Waals surface area contributed by atoms with Crippen molar-refractivity contribution in [2.75, 3.05) is 11.4 Å². The van der Waals surface area contributed by atoms with Crippen molar-refractivity contribution in [1.29, 1.82) is 0 Å². The molecule has 1 aliphatic heterocycles. The maximum Gasteiger partial charge on any atom is 0.300 e. The van der Waals surface area contributed by atoms with E-state index >= 15 is 0 Å². The van der Waals surface area contributed by atoms with Crippen LogP contribution in [-0.2, 0) is 9.59 Å². The molecule has 0 radical (unpaired) electrons. The summed E-state index contributed by atoms with van der Waals surface area (Å²) >= 11 is 0. The van der Waals surface area contributed by atoms with Gasteiger partial charge in [0, 0.05) is 5.54 Å². The van der Waals surface area contributed by atoms with E-state index in [0.717, 1.165) is 11.0 Å². The number of benzene rings is 1. The van der Waals surface area contributed by atoms with Gasteiger partial charge in [0.2, 0.25) is 5.91 Å². The van der Waals surface area contributed by atoms with Crippen LogP contribution >= 0.6 is 0 Å². The Labute approximate surface area is 122 Å². The predicted molar refractivity (Wildman–Crippen MR) is 75.6 cm³/mol. The summed E-state index contributed by atoms with van der Waals surface area (Å²) in [5.41, 5.74) is -0.540. The van der Waals surface area contributed by atoms with Gasteiger partial charge in [-0.25, -0.2) is 4.39 Å². The zero-order valence-electron chi connectivity index (χ0n) is 12.2. The number of carbonyl (C=O) groups excluding carboxylic acids is 3. The quantitative estimate of drug-likeness (QED) is 0.858. The predicted octanol–water partition coefficient (Wildman–Crippen LogP) is 1.66. The number of hydrogen-bond acceptors (Lipinski definition) is 3. The third kappa shape index (κ3) is 2.79. The van der Waals surface area contributed by atoms with E-state index in [0.29, 0.717) is 6.42 Å². The van der Waals surface area contributed by atoms with Gasteiger partial charge in [0.25, 0.3) is 11.7 Å². The highest BCUT2D eigenvalue weighted by atomic mass is 19.1. The highest BCUT2D eigenvalue weighted by molar-refractivity contribution is 6.52. The summed E-state index contributed by atoms with van der Waals surface area (Å²) in [5.74, 6) is -2.78. The molecule has 0 atom stereocenters. The SMILES string of the molecule is CCC(C)(C)NC(=O)CN1C(=O)C(=O)c2cccc(F)c21. The average molecular weight is 292 g/mol. The fourth-order valence-corrected chi connectivity index (χ4v) is 2.11. The molecule has 1 aromatic rings. The number of para-hydroxylation sites is 1. The molecule has 21 heavy (non-hydrogen) atoms. The highest BCUT2D eigenvalue weighted by Gasteiger charge is 2.39. The first-order valence-electron chi connectivity index (χ1n) is 6.72. The Morgan fingerprint density at radius 3 is 2.62 bits per heavy atom. The normalized spacial score (nSPS) is 14.4. The number of Topliss-reactive ketones (excluding diaryl/α,β-unsaturated/α-hetero) is 1. The maximum atomic E-state index is 13.9. The minimum absolute atomic E-state index is 0.00236. The van der Waals surface area contributed by atoms with Crippen LogP contribution in [0.1, 0.15) is 37.6 Å². The van der Waals surface area contributed by atoms with Gasteiger partial charge in [0.1, 0.15) is 12.4 Å². The lowest BCUT2D eigenvalue weighted by molar-refractivity contribution is -0.123. The lowest BCUT2D eigenvalue weighted by atomic mass is 10.0. The van der Waals surface area contributed by atoms with Gasteiger partial charge in [-0.2, -0.15) is 0 Å². The first-order chi connectivity index (χ1) is 9.76. The molecule has 0 aromatic heterocycles. The van der Waals surface area contributed by atoms with E-state index in [-0.39, 0.29) is 17.8 Å². The van der Waals surface area contributed by atoms with Gasteiger partial charge >= 0.3 is 0 Å². The van der Waals surface area contributed by atoms with E-state index in [4.69, 9.17) is 0 Å². The van der Waals surface area contributed by atoms with Gasteiger partial charge in [-0.1, -0.05) is 13.0 Å². The number of nitrogens with zero attached hydrogens (tertiary/aromatic N) is 1. The standard InChI is InChI=1S/C15H17FN2O3/c1-4-15(2,3)17-11(19)8-18-12-9(13(20)14(18)21)6-5-7-10(12)16/h5-7H,4,8H2,1-3H3,(H,17,19). The second-order valence-electron chi connectivity index (χ2n) is 5.64. The van der Waals surface area contributed by atoms with Crippen LogP contribution in [-0.4, -0.2) is 29.7 Å². The van der Waals surface area contributed by atoms with Crippen molar-refractivity contribution >= 4 is 23.3 Å². The molecule has 0 spiro atoms. The Balaban J connectivity index is 2.25. The first-order valence-corrected chi connectivity index (χ1v) is 6.72. The second-order valence-corrected chi connectivity index (χ2v) is 5.64. The molecule has 1 aromatic carbocycles. The Bertz CT molecular complexity index is 625. The van der Waals surface area contributed by atoms with Crippen molar-refractivity contribution in [3.8, 4) is 0 Å². The number of anilines is 1. The first kappa shape index (κ1) is 15.2. The molecule has 6 heteroatoms. The minimum Gasteiger partial charge on any atom is -0.350 e. The van der Waals surface area contributed by atoms with Gasteiger partial charge in [-0.05, 0) is 32.4 Å². The number of halogens is 1. The minimum atomic E-state index is -0.875. The third-order valence-electron chi connectivity index (χ3n) is 3.60. The van der Waals surface area contributed by atoms with Gasteiger partial charge in [-0.15, -0.1) is 0 Å². The van der Waals surface area contributed by atoms with Crippen LogP contribution in [0.3, 0.4) is 0 Å². The van der Waals surface area contributed by atoms with Crippen LogP contribution in [0.5, 0.6) is 0 Å². The second kappa shape index (κ2) is 5.27. The molecule has 5 nitrogen and oxygen atoms in total. The van der Waals surface area contributed by atoms with Crippen molar-refractivity contribution < 1.29 is 18.8 Å². The van der Waals surface area contributed by atoms with E-state index < -0.39 is 29.0 Å². The molecule has 112 valence electrons. The largest absolute Gasteiger partial charge is 0.350 e. The van der Waals surface area contributed by atoms with Crippen molar-refractivity contribution in [3.05, 3.63) is 29.6 Å². The lowest BCUT2D eigenvalue weighted by Crippen LogP contribution is -2.48. The number of carbonyl (C=O) groups is 3. The van der Waals surface area contributed by atoms with Crippen LogP contribution < -0.4 is 10.2 Å². The highest BCUT2D eigenvalue weighted by Crippen LogP contribution is 2.31. The molecule has 0 saturated heterocycles. The van der Waals surface area contributed by atoms with Crippen molar-refractivity contribution in [1.82, 2.24) is 5.32 Å². The molecule has 0 unspecified atom stereocenters. The monoisotopic (exact) mass is 292 g/mol. The number of amides is 2. The van der Waals surface area contributed by atoms with Gasteiger partial charge in [-0.3, -0.25) is 19.3 Å². The fraction of sp³-hybridized carbons (Fsp3) is 0.400. The summed E-state index contributed by atoms with van der Waals surface area (Å²) in [6, 6.07) is 3.90. The summed E-state index contributed by atoms with van der Waals surface area (Å²) in [5, 5.41) is 2.75. The van der Waals surface area contributed by atoms with Crippen molar-refractivity contribution in [3.63, 3.8) is 0 Å². The number of fused-ring (bicyclic) bond motifs is 1. The molecule has 2 rings (SSSR count). The van der Waals surface area contributed by atoms with E-state index in [1.807, 2.05) is 20.8 Å². The molecule has 0 aliphatic carbocycles.